The van der Waals surface area contributed by atoms with Gasteiger partial charge >= 0.3 is 0 Å². The molecule has 7 heteroatoms. The predicted octanol–water partition coefficient (Wildman–Crippen LogP) is 3.85. The third-order valence-corrected chi connectivity index (χ3v) is 7.85. The summed E-state index contributed by atoms with van der Waals surface area (Å²) in [6, 6.07) is 12.8. The van der Waals surface area contributed by atoms with Gasteiger partial charge in [-0.25, -0.2) is 13.4 Å². The van der Waals surface area contributed by atoms with Crippen molar-refractivity contribution < 1.29 is 8.42 Å². The molecule has 1 saturated heterocycles. The normalized spacial score (nSPS) is 16.4. The van der Waals surface area contributed by atoms with Gasteiger partial charge in [0.1, 0.15) is 0 Å². The molecule has 1 aliphatic rings. The van der Waals surface area contributed by atoms with E-state index in [0.29, 0.717) is 47.6 Å². The van der Waals surface area contributed by atoms with Crippen LogP contribution in [0.4, 0.5) is 0 Å². The third-order valence-electron chi connectivity index (χ3n) is 5.94. The highest BCUT2D eigenvalue weighted by Crippen LogP contribution is 2.27. The Kier molecular flexibility index (Phi) is 5.51. The first-order valence-electron chi connectivity index (χ1n) is 10.3. The van der Waals surface area contributed by atoms with Crippen molar-refractivity contribution in [1.29, 1.82) is 0 Å². The lowest BCUT2D eigenvalue weighted by atomic mass is 10.0. The van der Waals surface area contributed by atoms with E-state index in [-0.39, 0.29) is 11.6 Å². The predicted molar refractivity (Wildman–Crippen MR) is 118 cm³/mol. The Bertz CT molecular complexity index is 1220. The SMILES string of the molecule is Cc1ccc2ncn(C3CCN(S(=O)(=O)c4ccc(C(C)C)cc4)CC3)c(=O)c2c1. The van der Waals surface area contributed by atoms with Gasteiger partial charge in [0.2, 0.25) is 10.0 Å². The van der Waals surface area contributed by atoms with Crippen LogP contribution in [0.25, 0.3) is 10.9 Å². The molecule has 1 aliphatic heterocycles. The van der Waals surface area contributed by atoms with Crippen LogP contribution < -0.4 is 5.56 Å². The van der Waals surface area contributed by atoms with Gasteiger partial charge in [0.25, 0.3) is 5.56 Å². The van der Waals surface area contributed by atoms with Crippen molar-refractivity contribution in [3.63, 3.8) is 0 Å². The fourth-order valence-corrected chi connectivity index (χ4v) is 5.51. The van der Waals surface area contributed by atoms with E-state index in [9.17, 15) is 13.2 Å². The molecule has 3 aromatic rings. The Morgan fingerprint density at radius 2 is 1.70 bits per heavy atom. The van der Waals surface area contributed by atoms with E-state index in [2.05, 4.69) is 18.8 Å². The average Bonchev–Trinajstić information content (AvgIpc) is 2.74. The van der Waals surface area contributed by atoms with Crippen LogP contribution in [0, 0.1) is 6.92 Å². The van der Waals surface area contributed by atoms with Crippen LogP contribution in [0.1, 0.15) is 49.8 Å². The van der Waals surface area contributed by atoms with Crippen LogP contribution >= 0.6 is 0 Å². The van der Waals surface area contributed by atoms with Crippen molar-refractivity contribution in [1.82, 2.24) is 13.9 Å². The maximum Gasteiger partial charge on any atom is 0.261 e. The fraction of sp³-hybridized carbons (Fsp3) is 0.391. The molecular formula is C23H27N3O3S. The molecule has 158 valence electrons. The minimum absolute atomic E-state index is 0.0512. The summed E-state index contributed by atoms with van der Waals surface area (Å²) in [5.41, 5.74) is 2.76. The summed E-state index contributed by atoms with van der Waals surface area (Å²) in [6.45, 7) is 6.89. The number of aryl methyl sites for hydroxylation is 1. The maximum atomic E-state index is 13.0. The summed E-state index contributed by atoms with van der Waals surface area (Å²) in [4.78, 5) is 17.7. The van der Waals surface area contributed by atoms with Crippen LogP contribution in [0.2, 0.25) is 0 Å². The van der Waals surface area contributed by atoms with Gasteiger partial charge in [0.15, 0.2) is 0 Å². The molecule has 0 amide bonds. The number of fused-ring (bicyclic) bond motifs is 1. The second-order valence-corrected chi connectivity index (χ2v) is 10.3. The average molecular weight is 426 g/mol. The number of benzene rings is 2. The van der Waals surface area contributed by atoms with Gasteiger partial charge in [-0.1, -0.05) is 37.6 Å². The minimum atomic E-state index is -3.53. The lowest BCUT2D eigenvalue weighted by Crippen LogP contribution is -2.40. The molecule has 0 N–H and O–H groups in total. The molecular weight excluding hydrogens is 398 g/mol. The molecule has 4 rings (SSSR count). The molecule has 0 unspecified atom stereocenters. The van der Waals surface area contributed by atoms with Crippen molar-refractivity contribution in [2.24, 2.45) is 0 Å². The van der Waals surface area contributed by atoms with E-state index in [0.717, 1.165) is 11.1 Å². The molecule has 0 bridgehead atoms. The van der Waals surface area contributed by atoms with E-state index in [1.54, 1.807) is 23.0 Å². The Hall–Kier alpha value is -2.51. The van der Waals surface area contributed by atoms with Gasteiger partial charge in [-0.2, -0.15) is 4.31 Å². The van der Waals surface area contributed by atoms with Crippen LogP contribution in [0.15, 0.2) is 58.5 Å². The van der Waals surface area contributed by atoms with Crippen LogP contribution in [-0.2, 0) is 10.0 Å². The summed E-state index contributed by atoms with van der Waals surface area (Å²) >= 11 is 0. The van der Waals surface area contributed by atoms with E-state index in [4.69, 9.17) is 0 Å². The highest BCUT2D eigenvalue weighted by atomic mass is 32.2. The first-order chi connectivity index (χ1) is 14.3. The molecule has 1 aromatic heterocycles. The van der Waals surface area contributed by atoms with Crippen molar-refractivity contribution in [2.45, 2.75) is 50.5 Å². The number of piperidine rings is 1. The van der Waals surface area contributed by atoms with Crippen molar-refractivity contribution in [3.05, 3.63) is 70.3 Å². The van der Waals surface area contributed by atoms with Gasteiger partial charge in [-0.05, 0) is 55.5 Å². The second-order valence-electron chi connectivity index (χ2n) is 8.34. The third kappa shape index (κ3) is 3.79. The minimum Gasteiger partial charge on any atom is -0.296 e. The second kappa shape index (κ2) is 7.96. The lowest BCUT2D eigenvalue weighted by molar-refractivity contribution is 0.269. The lowest BCUT2D eigenvalue weighted by Gasteiger charge is -2.32. The molecule has 0 radical (unpaired) electrons. The van der Waals surface area contributed by atoms with Crippen molar-refractivity contribution in [2.75, 3.05) is 13.1 Å². The number of hydrogen-bond donors (Lipinski definition) is 0. The number of hydrogen-bond acceptors (Lipinski definition) is 4. The number of rotatable bonds is 4. The smallest absolute Gasteiger partial charge is 0.261 e. The summed E-state index contributed by atoms with van der Waals surface area (Å²) in [6.07, 6.45) is 2.77. The molecule has 1 fully saturated rings. The highest BCUT2D eigenvalue weighted by molar-refractivity contribution is 7.89. The fourth-order valence-electron chi connectivity index (χ4n) is 4.04. The number of aromatic nitrogens is 2. The molecule has 0 spiro atoms. The topological polar surface area (TPSA) is 72.3 Å². The van der Waals surface area contributed by atoms with Gasteiger partial charge in [0.05, 0.1) is 22.1 Å². The zero-order valence-corrected chi connectivity index (χ0v) is 18.4. The van der Waals surface area contributed by atoms with Crippen molar-refractivity contribution in [3.8, 4) is 0 Å². The maximum absolute atomic E-state index is 13.0. The Morgan fingerprint density at radius 1 is 1.03 bits per heavy atom. The van der Waals surface area contributed by atoms with E-state index >= 15 is 0 Å². The molecule has 0 atom stereocenters. The molecule has 30 heavy (non-hydrogen) atoms. The van der Waals surface area contributed by atoms with E-state index < -0.39 is 10.0 Å². The van der Waals surface area contributed by atoms with Crippen LogP contribution in [-0.4, -0.2) is 35.4 Å². The first-order valence-corrected chi connectivity index (χ1v) is 11.8. The number of nitrogens with zero attached hydrogens (tertiary/aromatic N) is 3. The zero-order chi connectivity index (χ0) is 21.5. The summed E-state index contributed by atoms with van der Waals surface area (Å²) in [7, 11) is -3.53. The Morgan fingerprint density at radius 3 is 2.33 bits per heavy atom. The Labute approximate surface area is 177 Å². The zero-order valence-electron chi connectivity index (χ0n) is 17.6. The summed E-state index contributed by atoms with van der Waals surface area (Å²) < 4.78 is 29.3. The highest BCUT2D eigenvalue weighted by Gasteiger charge is 2.30. The molecule has 0 saturated carbocycles. The van der Waals surface area contributed by atoms with Crippen molar-refractivity contribution >= 4 is 20.9 Å². The Balaban J connectivity index is 1.53. The van der Waals surface area contributed by atoms with Crippen LogP contribution in [0.3, 0.4) is 0 Å². The molecule has 0 aliphatic carbocycles. The standard InChI is InChI=1S/C23H27N3O3S/c1-16(2)18-5-7-20(8-6-18)30(28,29)25-12-10-19(11-13-25)26-15-24-22-9-4-17(3)14-21(22)23(26)27/h4-9,14-16,19H,10-13H2,1-3H3. The first kappa shape index (κ1) is 20.8. The van der Waals surface area contributed by atoms with E-state index in [1.807, 2.05) is 37.3 Å². The van der Waals surface area contributed by atoms with Gasteiger partial charge in [-0.3, -0.25) is 9.36 Å². The number of sulfonamides is 1. The largest absolute Gasteiger partial charge is 0.296 e. The monoisotopic (exact) mass is 425 g/mol. The molecule has 2 heterocycles. The molecule has 2 aromatic carbocycles. The summed E-state index contributed by atoms with van der Waals surface area (Å²) in [5, 5.41) is 0.609. The molecule has 6 nitrogen and oxygen atoms in total. The summed E-state index contributed by atoms with van der Waals surface area (Å²) in [5.74, 6) is 0.357. The van der Waals surface area contributed by atoms with Gasteiger partial charge in [-0.15, -0.1) is 0 Å². The van der Waals surface area contributed by atoms with Gasteiger partial charge < -0.3 is 0 Å². The van der Waals surface area contributed by atoms with Gasteiger partial charge in [0, 0.05) is 19.1 Å². The quantitative estimate of drug-likeness (QED) is 0.636. The van der Waals surface area contributed by atoms with E-state index in [1.165, 1.54) is 4.31 Å². The van der Waals surface area contributed by atoms with Crippen LogP contribution in [0.5, 0.6) is 0 Å².